The number of ether oxygens (including phenoxy) is 1. The fourth-order valence-corrected chi connectivity index (χ4v) is 3.44. The molecule has 2 heterocycles. The Balaban J connectivity index is 1.47. The number of halogens is 1. The van der Waals surface area contributed by atoms with Crippen LogP contribution in [0.4, 0.5) is 5.82 Å². The van der Waals surface area contributed by atoms with Crippen molar-refractivity contribution in [2.45, 2.75) is 25.8 Å². The van der Waals surface area contributed by atoms with Crippen molar-refractivity contribution in [3.8, 4) is 5.75 Å². The van der Waals surface area contributed by atoms with Crippen molar-refractivity contribution in [1.82, 2.24) is 9.88 Å². The summed E-state index contributed by atoms with van der Waals surface area (Å²) in [4.78, 5) is 6.76. The quantitative estimate of drug-likeness (QED) is 0.764. The summed E-state index contributed by atoms with van der Waals surface area (Å²) in [5.41, 5.74) is 1.19. The summed E-state index contributed by atoms with van der Waals surface area (Å²) in [5, 5.41) is 3.31. The molecule has 1 aliphatic heterocycles. The molecule has 1 aliphatic rings. The SMILES string of the molecule is Brc1cc(CNc2ccccn2)ccc1OCCN1CCCCC1. The van der Waals surface area contributed by atoms with Crippen LogP contribution < -0.4 is 10.1 Å². The van der Waals surface area contributed by atoms with Crippen molar-refractivity contribution in [2.24, 2.45) is 0 Å². The molecule has 0 spiro atoms. The molecule has 0 radical (unpaired) electrons. The normalized spacial score (nSPS) is 15.2. The Morgan fingerprint density at radius 3 is 2.75 bits per heavy atom. The molecule has 4 nitrogen and oxygen atoms in total. The largest absolute Gasteiger partial charge is 0.491 e. The first kappa shape index (κ1) is 17.2. The van der Waals surface area contributed by atoms with Crippen LogP contribution in [0.15, 0.2) is 47.1 Å². The van der Waals surface area contributed by atoms with Crippen LogP contribution in [0.25, 0.3) is 0 Å². The zero-order valence-electron chi connectivity index (χ0n) is 13.9. The third-order valence-corrected chi connectivity index (χ3v) is 4.87. The van der Waals surface area contributed by atoms with Crippen LogP contribution in [0.3, 0.4) is 0 Å². The van der Waals surface area contributed by atoms with Crippen LogP contribution in [0.1, 0.15) is 24.8 Å². The highest BCUT2D eigenvalue weighted by atomic mass is 79.9. The monoisotopic (exact) mass is 389 g/mol. The number of rotatable bonds is 7. The summed E-state index contributed by atoms with van der Waals surface area (Å²) < 4.78 is 6.94. The maximum Gasteiger partial charge on any atom is 0.133 e. The molecule has 0 bridgehead atoms. The van der Waals surface area contributed by atoms with E-state index >= 15 is 0 Å². The average molecular weight is 390 g/mol. The van der Waals surface area contributed by atoms with Gasteiger partial charge in [0.2, 0.25) is 0 Å². The van der Waals surface area contributed by atoms with Crippen LogP contribution in [-0.4, -0.2) is 36.1 Å². The van der Waals surface area contributed by atoms with Crippen LogP contribution in [0.2, 0.25) is 0 Å². The number of anilines is 1. The molecule has 24 heavy (non-hydrogen) atoms. The van der Waals surface area contributed by atoms with E-state index in [-0.39, 0.29) is 0 Å². The highest BCUT2D eigenvalue weighted by molar-refractivity contribution is 9.10. The lowest BCUT2D eigenvalue weighted by atomic mass is 10.1. The molecular weight excluding hydrogens is 366 g/mol. The Labute approximate surface area is 152 Å². The summed E-state index contributed by atoms with van der Waals surface area (Å²) in [6, 6.07) is 12.1. The van der Waals surface area contributed by atoms with E-state index in [9.17, 15) is 0 Å². The van der Waals surface area contributed by atoms with Gasteiger partial charge in [-0.05, 0) is 71.7 Å². The van der Waals surface area contributed by atoms with E-state index < -0.39 is 0 Å². The van der Waals surface area contributed by atoms with Gasteiger partial charge in [-0.1, -0.05) is 18.6 Å². The van der Waals surface area contributed by atoms with Crippen LogP contribution in [-0.2, 0) is 6.54 Å². The zero-order valence-corrected chi connectivity index (χ0v) is 15.5. The van der Waals surface area contributed by atoms with Gasteiger partial charge < -0.3 is 10.1 Å². The fourth-order valence-electron chi connectivity index (χ4n) is 2.90. The second-order valence-corrected chi connectivity index (χ2v) is 6.94. The van der Waals surface area contributed by atoms with E-state index in [1.54, 1.807) is 6.20 Å². The van der Waals surface area contributed by atoms with Gasteiger partial charge in [-0.25, -0.2) is 4.98 Å². The number of piperidine rings is 1. The summed E-state index contributed by atoms with van der Waals surface area (Å²) in [5.74, 6) is 1.80. The van der Waals surface area contributed by atoms with Crippen molar-refractivity contribution in [3.05, 3.63) is 52.6 Å². The van der Waals surface area contributed by atoms with Crippen LogP contribution in [0, 0.1) is 0 Å². The van der Waals surface area contributed by atoms with Gasteiger partial charge in [-0.15, -0.1) is 0 Å². The molecule has 5 heteroatoms. The molecule has 1 saturated heterocycles. The molecule has 3 rings (SSSR count). The highest BCUT2D eigenvalue weighted by Gasteiger charge is 2.10. The van der Waals surface area contributed by atoms with Gasteiger partial charge in [0.05, 0.1) is 4.47 Å². The topological polar surface area (TPSA) is 37.4 Å². The zero-order chi connectivity index (χ0) is 16.6. The number of aromatic nitrogens is 1. The molecule has 0 saturated carbocycles. The predicted octanol–water partition coefficient (Wildman–Crippen LogP) is 4.32. The predicted molar refractivity (Wildman–Crippen MR) is 101 cm³/mol. The third-order valence-electron chi connectivity index (χ3n) is 4.25. The number of nitrogens with zero attached hydrogens (tertiary/aromatic N) is 2. The van der Waals surface area contributed by atoms with Crippen molar-refractivity contribution in [2.75, 3.05) is 31.6 Å². The summed E-state index contributed by atoms with van der Waals surface area (Å²) >= 11 is 3.62. The molecule has 1 aromatic carbocycles. The van der Waals surface area contributed by atoms with Gasteiger partial charge in [-0.2, -0.15) is 0 Å². The van der Waals surface area contributed by atoms with Gasteiger partial charge in [0, 0.05) is 19.3 Å². The Kier molecular flexibility index (Phi) is 6.49. The van der Waals surface area contributed by atoms with Crippen LogP contribution in [0.5, 0.6) is 5.75 Å². The molecule has 0 amide bonds. The summed E-state index contributed by atoms with van der Waals surface area (Å²) in [6.45, 7) is 4.91. The summed E-state index contributed by atoms with van der Waals surface area (Å²) in [6.07, 6.45) is 5.80. The molecule has 1 N–H and O–H groups in total. The van der Waals surface area contributed by atoms with E-state index in [4.69, 9.17) is 4.74 Å². The Morgan fingerprint density at radius 1 is 1.12 bits per heavy atom. The van der Waals surface area contributed by atoms with Crippen molar-refractivity contribution in [1.29, 1.82) is 0 Å². The first-order valence-electron chi connectivity index (χ1n) is 8.60. The molecule has 128 valence electrons. The minimum Gasteiger partial charge on any atom is -0.491 e. The van der Waals surface area contributed by atoms with Crippen molar-refractivity contribution < 1.29 is 4.74 Å². The molecule has 0 unspecified atom stereocenters. The number of likely N-dealkylation sites (tertiary alicyclic amines) is 1. The minimum atomic E-state index is 0.740. The number of benzene rings is 1. The van der Waals surface area contributed by atoms with E-state index in [1.807, 2.05) is 24.3 Å². The van der Waals surface area contributed by atoms with Gasteiger partial charge in [-0.3, -0.25) is 4.90 Å². The third kappa shape index (κ3) is 5.21. The summed E-state index contributed by atoms with van der Waals surface area (Å²) in [7, 11) is 0. The number of hydrogen-bond acceptors (Lipinski definition) is 4. The smallest absolute Gasteiger partial charge is 0.133 e. The van der Waals surface area contributed by atoms with Crippen LogP contribution >= 0.6 is 15.9 Å². The number of pyridine rings is 1. The number of hydrogen-bond donors (Lipinski definition) is 1. The minimum absolute atomic E-state index is 0.740. The molecule has 0 aliphatic carbocycles. The standard InChI is InChI=1S/C19H24BrN3O/c20-17-14-16(15-22-19-6-2-3-9-21-19)7-8-18(17)24-13-12-23-10-4-1-5-11-23/h2-3,6-9,14H,1,4-5,10-13,15H2,(H,21,22). The first-order valence-corrected chi connectivity index (χ1v) is 9.39. The first-order chi connectivity index (χ1) is 11.8. The van der Waals surface area contributed by atoms with Gasteiger partial charge >= 0.3 is 0 Å². The van der Waals surface area contributed by atoms with E-state index in [2.05, 4.69) is 43.3 Å². The highest BCUT2D eigenvalue weighted by Crippen LogP contribution is 2.26. The lowest BCUT2D eigenvalue weighted by Crippen LogP contribution is -2.33. The van der Waals surface area contributed by atoms with Gasteiger partial charge in [0.1, 0.15) is 18.2 Å². The fraction of sp³-hybridized carbons (Fsp3) is 0.421. The molecule has 2 aromatic rings. The lowest BCUT2D eigenvalue weighted by molar-refractivity contribution is 0.183. The number of nitrogens with one attached hydrogen (secondary N) is 1. The second-order valence-electron chi connectivity index (χ2n) is 6.08. The van der Waals surface area contributed by atoms with Crippen molar-refractivity contribution in [3.63, 3.8) is 0 Å². The lowest BCUT2D eigenvalue weighted by Gasteiger charge is -2.26. The maximum atomic E-state index is 5.94. The molecular formula is C19H24BrN3O. The van der Waals surface area contributed by atoms with E-state index in [0.717, 1.165) is 35.7 Å². The maximum absolute atomic E-state index is 5.94. The average Bonchev–Trinajstić information content (AvgIpc) is 2.63. The Bertz CT molecular complexity index is 630. The Morgan fingerprint density at radius 2 is 2.00 bits per heavy atom. The van der Waals surface area contributed by atoms with Gasteiger partial charge in [0.15, 0.2) is 0 Å². The Hall–Kier alpha value is -1.59. The molecule has 1 fully saturated rings. The molecule has 0 atom stereocenters. The molecule has 1 aromatic heterocycles. The van der Waals surface area contributed by atoms with E-state index in [1.165, 1.54) is 37.9 Å². The van der Waals surface area contributed by atoms with E-state index in [0.29, 0.717) is 0 Å². The second kappa shape index (κ2) is 9.04. The van der Waals surface area contributed by atoms with Crippen molar-refractivity contribution >= 4 is 21.7 Å². The van der Waals surface area contributed by atoms with Gasteiger partial charge in [0.25, 0.3) is 0 Å².